The molecule has 0 spiro atoms. The molecule has 12 nitrogen and oxygen atoms in total. The zero-order chi connectivity index (χ0) is 30.0. The lowest BCUT2D eigenvalue weighted by atomic mass is 9.95. The summed E-state index contributed by atoms with van der Waals surface area (Å²) in [7, 11) is 0. The van der Waals surface area contributed by atoms with Crippen LogP contribution < -0.4 is 9.47 Å². The van der Waals surface area contributed by atoms with Gasteiger partial charge in [0.1, 0.15) is 71.4 Å². The summed E-state index contributed by atoms with van der Waals surface area (Å²) in [4.78, 5) is 25.4. The van der Waals surface area contributed by atoms with Gasteiger partial charge in [0.15, 0.2) is 5.78 Å². The molecule has 0 aliphatic carbocycles. The number of Topliss-reactive ketones (excluding diaryl/α,β-unsaturated/α-hetero) is 1. The molecule has 1 saturated heterocycles. The molecule has 2 heterocycles. The van der Waals surface area contributed by atoms with Gasteiger partial charge in [0.25, 0.3) is 0 Å². The maximum atomic E-state index is 13.2. The zero-order valence-electron chi connectivity index (χ0n) is 21.9. The minimum absolute atomic E-state index is 0.0103. The minimum atomic E-state index is -1.77. The van der Waals surface area contributed by atoms with E-state index in [2.05, 4.69) is 0 Å². The molecule has 1 fully saturated rings. The number of hydrogen-bond acceptors (Lipinski definition) is 12. The highest BCUT2D eigenvalue weighted by atomic mass is 16.7. The first-order valence-corrected chi connectivity index (χ1v) is 12.9. The highest BCUT2D eigenvalue weighted by Gasteiger charge is 2.46. The summed E-state index contributed by atoms with van der Waals surface area (Å²) in [6.07, 6.45) is -6.37. The molecule has 0 radical (unpaired) electrons. The van der Waals surface area contributed by atoms with Gasteiger partial charge in [-0.15, -0.1) is 0 Å². The molecule has 42 heavy (non-hydrogen) atoms. The van der Waals surface area contributed by atoms with Crippen molar-refractivity contribution in [2.45, 2.75) is 43.2 Å². The van der Waals surface area contributed by atoms with Gasteiger partial charge in [-0.2, -0.15) is 0 Å². The molecule has 6 N–H and O–H groups in total. The third kappa shape index (κ3) is 6.31. The van der Waals surface area contributed by atoms with Gasteiger partial charge in [-0.3, -0.25) is 4.79 Å². The van der Waals surface area contributed by atoms with E-state index in [1.165, 1.54) is 36.4 Å². The maximum absolute atomic E-state index is 13.2. The van der Waals surface area contributed by atoms with Crippen LogP contribution >= 0.6 is 0 Å². The van der Waals surface area contributed by atoms with Gasteiger partial charge in [-0.05, 0) is 41.5 Å². The van der Waals surface area contributed by atoms with E-state index in [4.69, 9.17) is 18.9 Å². The Kier molecular flexibility index (Phi) is 8.31. The molecule has 6 unspecified atom stereocenters. The first-order chi connectivity index (χ1) is 20.1. The van der Waals surface area contributed by atoms with Crippen LogP contribution in [0.15, 0.2) is 66.7 Å². The van der Waals surface area contributed by atoms with Crippen LogP contribution in [0, 0.1) is 0 Å². The predicted octanol–water partition coefficient (Wildman–Crippen LogP) is 1.95. The van der Waals surface area contributed by atoms with E-state index < -0.39 is 55.2 Å². The zero-order valence-corrected chi connectivity index (χ0v) is 21.9. The van der Waals surface area contributed by atoms with E-state index in [1.807, 2.05) is 0 Å². The Morgan fingerprint density at radius 1 is 0.881 bits per heavy atom. The second-order valence-electron chi connectivity index (χ2n) is 9.83. The number of phenolic OH excluding ortho intramolecular Hbond substituents is 3. The predicted molar refractivity (Wildman–Crippen MR) is 144 cm³/mol. The number of aromatic hydroxyl groups is 3. The summed E-state index contributed by atoms with van der Waals surface area (Å²) in [5.74, 6) is -1.58. The first kappa shape index (κ1) is 28.9. The third-order valence-corrected chi connectivity index (χ3v) is 6.84. The van der Waals surface area contributed by atoms with E-state index in [-0.39, 0.29) is 40.7 Å². The van der Waals surface area contributed by atoms with Crippen molar-refractivity contribution in [3.63, 3.8) is 0 Å². The average molecular weight is 581 g/mol. The Hall–Kier alpha value is -4.62. The van der Waals surface area contributed by atoms with Crippen molar-refractivity contribution in [2.75, 3.05) is 6.61 Å². The van der Waals surface area contributed by atoms with Gasteiger partial charge >= 0.3 is 5.97 Å². The summed E-state index contributed by atoms with van der Waals surface area (Å²) in [6.45, 7) is -0.516. The fourth-order valence-corrected chi connectivity index (χ4v) is 4.62. The maximum Gasteiger partial charge on any atom is 0.330 e. The van der Waals surface area contributed by atoms with Crippen LogP contribution in [0.5, 0.6) is 28.7 Å². The lowest BCUT2D eigenvalue weighted by Gasteiger charge is -2.40. The molecule has 3 aromatic carbocycles. The molecule has 5 rings (SSSR count). The number of rotatable bonds is 7. The Morgan fingerprint density at radius 2 is 1.55 bits per heavy atom. The number of aliphatic hydroxyl groups excluding tert-OH is 3. The summed E-state index contributed by atoms with van der Waals surface area (Å²) in [6, 6.07) is 14.5. The van der Waals surface area contributed by atoms with Gasteiger partial charge in [0.2, 0.25) is 6.29 Å². The topological polar surface area (TPSA) is 192 Å². The third-order valence-electron chi connectivity index (χ3n) is 6.84. The molecule has 2 aliphatic rings. The van der Waals surface area contributed by atoms with E-state index >= 15 is 0 Å². The van der Waals surface area contributed by atoms with E-state index in [1.54, 1.807) is 24.3 Å². The fourth-order valence-electron chi connectivity index (χ4n) is 4.62. The molecule has 2 aliphatic heterocycles. The summed E-state index contributed by atoms with van der Waals surface area (Å²) >= 11 is 0. The van der Waals surface area contributed by atoms with Gasteiger partial charge in [0, 0.05) is 18.2 Å². The molecule has 220 valence electrons. The minimum Gasteiger partial charge on any atom is -0.508 e. The lowest BCUT2D eigenvalue weighted by Crippen LogP contribution is -2.60. The Bertz CT molecular complexity index is 1470. The lowest BCUT2D eigenvalue weighted by molar-refractivity contribution is -0.278. The number of benzene rings is 3. The Morgan fingerprint density at radius 3 is 2.24 bits per heavy atom. The van der Waals surface area contributed by atoms with E-state index in [0.717, 1.165) is 12.1 Å². The van der Waals surface area contributed by atoms with Crippen LogP contribution in [-0.2, 0) is 14.3 Å². The monoisotopic (exact) mass is 580 g/mol. The van der Waals surface area contributed by atoms with E-state index in [9.17, 15) is 40.2 Å². The molecule has 0 saturated carbocycles. The SMILES string of the molecule is O=C(C=Cc1ccc(O)cc1)OCC1OC(Oc2cc(O)cc3c2C(=O)CC(c2ccc(O)cc2)O3)C(O)C(O)C1O. The van der Waals surface area contributed by atoms with Crippen LogP contribution in [0.3, 0.4) is 0 Å². The van der Waals surface area contributed by atoms with Crippen molar-refractivity contribution in [1.29, 1.82) is 0 Å². The number of fused-ring (bicyclic) bond motifs is 1. The first-order valence-electron chi connectivity index (χ1n) is 12.9. The highest BCUT2D eigenvalue weighted by Crippen LogP contribution is 2.43. The normalized spacial score (nSPS) is 25.5. The number of carbonyl (C=O) groups excluding carboxylic acids is 2. The quantitative estimate of drug-likeness (QED) is 0.176. The molecule has 3 aromatic rings. The fraction of sp³-hybridized carbons (Fsp3) is 0.267. The largest absolute Gasteiger partial charge is 0.508 e. The summed E-state index contributed by atoms with van der Waals surface area (Å²) < 4.78 is 22.4. The van der Waals surface area contributed by atoms with Crippen LogP contribution in [0.2, 0.25) is 0 Å². The smallest absolute Gasteiger partial charge is 0.330 e. The van der Waals surface area contributed by atoms with Crippen LogP contribution in [0.25, 0.3) is 6.08 Å². The van der Waals surface area contributed by atoms with Crippen LogP contribution in [0.4, 0.5) is 0 Å². The molecular weight excluding hydrogens is 552 g/mol. The van der Waals surface area contributed by atoms with Crippen molar-refractivity contribution in [3.05, 3.63) is 83.4 Å². The Labute approximate surface area is 239 Å². The van der Waals surface area contributed by atoms with Crippen molar-refractivity contribution in [3.8, 4) is 28.7 Å². The highest BCUT2D eigenvalue weighted by molar-refractivity contribution is 6.02. The van der Waals surface area contributed by atoms with Gasteiger partial charge in [0.05, 0.1) is 6.42 Å². The molecule has 6 atom stereocenters. The molecule has 0 aromatic heterocycles. The number of esters is 1. The van der Waals surface area contributed by atoms with E-state index in [0.29, 0.717) is 11.1 Å². The van der Waals surface area contributed by atoms with Crippen LogP contribution in [-0.4, -0.2) is 79.7 Å². The van der Waals surface area contributed by atoms with Crippen molar-refractivity contribution in [1.82, 2.24) is 0 Å². The molecule has 0 bridgehead atoms. The van der Waals surface area contributed by atoms with Gasteiger partial charge in [-0.1, -0.05) is 24.3 Å². The molecule has 12 heteroatoms. The van der Waals surface area contributed by atoms with Crippen LogP contribution in [0.1, 0.15) is 34.0 Å². The number of carbonyl (C=O) groups is 2. The number of phenols is 3. The number of aliphatic hydroxyl groups is 3. The average Bonchev–Trinajstić information content (AvgIpc) is 2.96. The molecule has 0 amide bonds. The second kappa shape index (κ2) is 12.1. The van der Waals surface area contributed by atoms with Crippen molar-refractivity contribution >= 4 is 17.8 Å². The van der Waals surface area contributed by atoms with Gasteiger partial charge in [-0.25, -0.2) is 4.79 Å². The summed E-state index contributed by atoms with van der Waals surface area (Å²) in [5, 5.41) is 60.6. The number of ketones is 1. The van der Waals surface area contributed by atoms with Gasteiger partial charge < -0.3 is 49.6 Å². The van der Waals surface area contributed by atoms with Crippen molar-refractivity contribution in [2.24, 2.45) is 0 Å². The standard InChI is InChI=1S/C30H28O12/c31-17-6-1-15(2-7-17)3-10-25(35)39-14-24-27(36)28(37)29(38)30(42-24)41-23-12-19(33)11-22-26(23)20(34)13-21(40-22)16-4-8-18(32)9-5-16/h1-12,21,24,27-33,36-38H,13-14H2. The number of hydrogen-bond donors (Lipinski definition) is 6. The molecular formula is C30H28O12. The Balaban J connectivity index is 1.29. The second-order valence-corrected chi connectivity index (χ2v) is 9.83. The van der Waals surface area contributed by atoms with Crippen molar-refractivity contribution < 1.29 is 59.2 Å². The summed E-state index contributed by atoms with van der Waals surface area (Å²) in [5.41, 5.74) is 1.21. The number of ether oxygens (including phenoxy) is 4.